The Morgan fingerprint density at radius 1 is 1.20 bits per heavy atom. The zero-order chi connectivity index (χ0) is 11.3. The van der Waals surface area contributed by atoms with Gasteiger partial charge in [-0.2, -0.15) is 0 Å². The Kier molecular flexibility index (Phi) is 3.85. The van der Waals surface area contributed by atoms with Gasteiger partial charge < -0.3 is 9.57 Å². The number of methoxy groups -OCH3 is 1. The van der Waals surface area contributed by atoms with E-state index in [2.05, 4.69) is 9.99 Å². The van der Waals surface area contributed by atoms with Crippen LogP contribution in [0.1, 0.15) is 19.4 Å². The highest BCUT2D eigenvalue weighted by Crippen LogP contribution is 2.11. The largest absolute Gasteiger partial charge is 0.497 e. The van der Waals surface area contributed by atoms with Crippen LogP contribution < -0.4 is 4.74 Å². The van der Waals surface area contributed by atoms with Crippen molar-refractivity contribution in [2.45, 2.75) is 13.8 Å². The van der Waals surface area contributed by atoms with Gasteiger partial charge in [0.05, 0.1) is 12.8 Å². The summed E-state index contributed by atoms with van der Waals surface area (Å²) in [5.74, 6) is 0.349. The summed E-state index contributed by atoms with van der Waals surface area (Å²) in [6.07, 6.45) is 0. The second kappa shape index (κ2) is 5.14. The minimum atomic E-state index is -0.428. The first-order chi connectivity index (χ1) is 7.13. The van der Waals surface area contributed by atoms with E-state index in [1.54, 1.807) is 14.0 Å². The van der Waals surface area contributed by atoms with E-state index in [-0.39, 0.29) is 0 Å². The van der Waals surface area contributed by atoms with Crippen molar-refractivity contribution in [3.05, 3.63) is 29.8 Å². The molecule has 0 atom stereocenters. The molecule has 4 nitrogen and oxygen atoms in total. The third kappa shape index (κ3) is 3.42. The second-order valence-corrected chi connectivity index (χ2v) is 2.99. The number of carbonyl (C=O) groups is 1. The molecule has 0 N–H and O–H groups in total. The van der Waals surface area contributed by atoms with Gasteiger partial charge in [0.25, 0.3) is 0 Å². The Morgan fingerprint density at radius 2 is 1.80 bits per heavy atom. The van der Waals surface area contributed by atoms with Crippen LogP contribution in [0.15, 0.2) is 29.4 Å². The van der Waals surface area contributed by atoms with Crippen LogP contribution in [0.2, 0.25) is 0 Å². The molecule has 0 aromatic heterocycles. The lowest BCUT2D eigenvalue weighted by atomic mass is 10.1. The summed E-state index contributed by atoms with van der Waals surface area (Å²) in [4.78, 5) is 15.1. The summed E-state index contributed by atoms with van der Waals surface area (Å²) in [6, 6.07) is 7.34. The average Bonchev–Trinajstić information content (AvgIpc) is 2.26. The van der Waals surface area contributed by atoms with Crippen LogP contribution in [0, 0.1) is 0 Å². The van der Waals surface area contributed by atoms with Gasteiger partial charge in [-0.1, -0.05) is 5.16 Å². The molecule has 0 saturated heterocycles. The first-order valence-electron chi connectivity index (χ1n) is 4.50. The molecule has 0 amide bonds. The molecular formula is C11H13NO3. The molecule has 0 aliphatic rings. The molecule has 1 aromatic rings. The summed E-state index contributed by atoms with van der Waals surface area (Å²) in [6.45, 7) is 3.08. The third-order valence-corrected chi connectivity index (χ3v) is 1.82. The van der Waals surface area contributed by atoms with E-state index < -0.39 is 5.97 Å². The van der Waals surface area contributed by atoms with Crippen molar-refractivity contribution in [2.24, 2.45) is 5.16 Å². The Labute approximate surface area is 88.5 Å². The number of hydrogen-bond acceptors (Lipinski definition) is 4. The first-order valence-corrected chi connectivity index (χ1v) is 4.50. The average molecular weight is 207 g/mol. The SMILES string of the molecule is COc1ccc(/C(C)=N\OC(C)=O)cc1. The maximum absolute atomic E-state index is 10.5. The van der Waals surface area contributed by atoms with Gasteiger partial charge in [-0.25, -0.2) is 4.79 Å². The molecule has 1 aromatic carbocycles. The molecule has 80 valence electrons. The molecule has 0 spiro atoms. The number of hydrogen-bond donors (Lipinski definition) is 0. The lowest BCUT2D eigenvalue weighted by Crippen LogP contribution is -1.99. The molecule has 1 rings (SSSR count). The molecule has 4 heteroatoms. The second-order valence-electron chi connectivity index (χ2n) is 2.99. The molecule has 0 aliphatic carbocycles. The van der Waals surface area contributed by atoms with Crippen LogP contribution in [0.25, 0.3) is 0 Å². The maximum Gasteiger partial charge on any atom is 0.331 e. The highest BCUT2D eigenvalue weighted by Gasteiger charge is 1.99. The van der Waals surface area contributed by atoms with E-state index in [4.69, 9.17) is 4.74 Å². The Bertz CT molecular complexity index is 368. The van der Waals surface area contributed by atoms with Crippen molar-refractivity contribution < 1.29 is 14.4 Å². The van der Waals surface area contributed by atoms with Crippen molar-refractivity contribution in [1.82, 2.24) is 0 Å². The lowest BCUT2D eigenvalue weighted by molar-refractivity contribution is -0.140. The molecule has 15 heavy (non-hydrogen) atoms. The monoisotopic (exact) mass is 207 g/mol. The lowest BCUT2D eigenvalue weighted by Gasteiger charge is -2.02. The van der Waals surface area contributed by atoms with Gasteiger partial charge in [-0.05, 0) is 36.8 Å². The molecule has 0 radical (unpaired) electrons. The van der Waals surface area contributed by atoms with Crippen LogP contribution in [0.3, 0.4) is 0 Å². The van der Waals surface area contributed by atoms with Gasteiger partial charge in [0.15, 0.2) is 0 Å². The Morgan fingerprint density at radius 3 is 2.27 bits per heavy atom. The predicted octanol–water partition coefficient (Wildman–Crippen LogP) is 1.98. The van der Waals surface area contributed by atoms with E-state index in [9.17, 15) is 4.79 Å². The van der Waals surface area contributed by atoms with E-state index in [1.165, 1.54) is 6.92 Å². The molecule has 0 unspecified atom stereocenters. The maximum atomic E-state index is 10.5. The summed E-state index contributed by atoms with van der Waals surface area (Å²) in [5.41, 5.74) is 1.53. The van der Waals surface area contributed by atoms with Crippen molar-refractivity contribution >= 4 is 11.7 Å². The van der Waals surface area contributed by atoms with E-state index in [0.29, 0.717) is 5.71 Å². The quantitative estimate of drug-likeness (QED) is 0.432. The van der Waals surface area contributed by atoms with Crippen LogP contribution in [0.4, 0.5) is 0 Å². The Hall–Kier alpha value is -1.84. The van der Waals surface area contributed by atoms with E-state index in [0.717, 1.165) is 11.3 Å². The smallest absolute Gasteiger partial charge is 0.331 e. The van der Waals surface area contributed by atoms with Crippen molar-refractivity contribution in [1.29, 1.82) is 0 Å². The van der Waals surface area contributed by atoms with Gasteiger partial charge in [-0.15, -0.1) is 0 Å². The minimum Gasteiger partial charge on any atom is -0.497 e. The summed E-state index contributed by atoms with van der Waals surface area (Å²) < 4.78 is 5.02. The molecule has 0 saturated carbocycles. The van der Waals surface area contributed by atoms with Crippen molar-refractivity contribution in [3.8, 4) is 5.75 Å². The number of nitrogens with zero attached hydrogens (tertiary/aromatic N) is 1. The number of benzene rings is 1. The third-order valence-electron chi connectivity index (χ3n) is 1.82. The highest BCUT2D eigenvalue weighted by molar-refractivity contribution is 5.98. The van der Waals surface area contributed by atoms with Gasteiger partial charge >= 0.3 is 5.97 Å². The van der Waals surface area contributed by atoms with Crippen LogP contribution in [-0.4, -0.2) is 18.8 Å². The standard InChI is InChI=1S/C11H13NO3/c1-8(12-15-9(2)13)10-4-6-11(14-3)7-5-10/h4-7H,1-3H3/b12-8-. The van der Waals surface area contributed by atoms with Crippen LogP contribution in [0.5, 0.6) is 5.75 Å². The summed E-state index contributed by atoms with van der Waals surface area (Å²) >= 11 is 0. The van der Waals surface area contributed by atoms with Crippen LogP contribution >= 0.6 is 0 Å². The van der Waals surface area contributed by atoms with Crippen molar-refractivity contribution in [2.75, 3.05) is 7.11 Å². The van der Waals surface area contributed by atoms with Gasteiger partial charge in [0, 0.05) is 6.92 Å². The van der Waals surface area contributed by atoms with E-state index in [1.807, 2.05) is 24.3 Å². The number of carbonyl (C=O) groups excluding carboxylic acids is 1. The van der Waals surface area contributed by atoms with Crippen molar-refractivity contribution in [3.63, 3.8) is 0 Å². The fourth-order valence-electron chi connectivity index (χ4n) is 1.02. The topological polar surface area (TPSA) is 47.9 Å². The molecule has 0 fully saturated rings. The molecule has 0 aliphatic heterocycles. The number of ether oxygens (including phenoxy) is 1. The normalized spacial score (nSPS) is 11.0. The number of oxime groups is 1. The molecule has 0 bridgehead atoms. The van der Waals surface area contributed by atoms with Gasteiger partial charge in [-0.3, -0.25) is 0 Å². The fraction of sp³-hybridized carbons (Fsp3) is 0.273. The molecular weight excluding hydrogens is 194 g/mol. The molecule has 0 heterocycles. The van der Waals surface area contributed by atoms with Gasteiger partial charge in [0.1, 0.15) is 5.75 Å². The summed E-state index contributed by atoms with van der Waals surface area (Å²) in [5, 5.41) is 3.68. The zero-order valence-corrected chi connectivity index (χ0v) is 8.98. The summed E-state index contributed by atoms with van der Waals surface area (Å²) in [7, 11) is 1.61. The van der Waals surface area contributed by atoms with Crippen LogP contribution in [-0.2, 0) is 9.63 Å². The zero-order valence-electron chi connectivity index (χ0n) is 8.98. The number of rotatable bonds is 3. The fourth-order valence-corrected chi connectivity index (χ4v) is 1.02. The predicted molar refractivity (Wildman–Crippen MR) is 57.0 cm³/mol. The highest BCUT2D eigenvalue weighted by atomic mass is 16.7. The van der Waals surface area contributed by atoms with E-state index >= 15 is 0 Å². The first kappa shape index (κ1) is 11.2. The Balaban J connectivity index is 2.77. The minimum absolute atomic E-state index is 0.428. The van der Waals surface area contributed by atoms with Gasteiger partial charge in [0.2, 0.25) is 0 Å².